The van der Waals surface area contributed by atoms with Gasteiger partial charge in [-0.1, -0.05) is 43.3 Å². The van der Waals surface area contributed by atoms with E-state index in [9.17, 15) is 4.79 Å². The van der Waals surface area contributed by atoms with Crippen LogP contribution < -0.4 is 4.90 Å². The monoisotopic (exact) mass is 343 g/mol. The number of benzene rings is 1. The third kappa shape index (κ3) is 3.36. The molecule has 0 atom stereocenters. The lowest BCUT2D eigenvalue weighted by atomic mass is 10.2. The zero-order chi connectivity index (χ0) is 17.1. The molecular weight excluding hydrogens is 318 g/mol. The number of rotatable bonds is 6. The van der Waals surface area contributed by atoms with Crippen LogP contribution in [0.5, 0.6) is 0 Å². The highest BCUT2D eigenvalue weighted by atomic mass is 32.2. The van der Waals surface area contributed by atoms with Gasteiger partial charge >= 0.3 is 0 Å². The van der Waals surface area contributed by atoms with Crippen LogP contribution in [0, 0.1) is 13.8 Å². The molecule has 0 spiro atoms. The van der Waals surface area contributed by atoms with Gasteiger partial charge < -0.3 is 9.47 Å². The normalized spacial score (nSPS) is 13.4. The first-order valence-electron chi connectivity index (χ1n) is 8.66. The van der Waals surface area contributed by atoms with E-state index in [0.29, 0.717) is 5.75 Å². The molecule has 1 aromatic carbocycles. The summed E-state index contributed by atoms with van der Waals surface area (Å²) in [7, 11) is 0. The van der Waals surface area contributed by atoms with Crippen LogP contribution in [-0.4, -0.2) is 27.8 Å². The van der Waals surface area contributed by atoms with E-state index in [1.807, 2.05) is 30.0 Å². The highest BCUT2D eigenvalue weighted by Gasteiger charge is 2.24. The molecule has 3 rings (SSSR count). The number of imidazole rings is 1. The zero-order valence-electron chi connectivity index (χ0n) is 14.7. The van der Waals surface area contributed by atoms with Crippen molar-refractivity contribution in [3.63, 3.8) is 0 Å². The molecule has 1 aromatic heterocycles. The van der Waals surface area contributed by atoms with Gasteiger partial charge in [-0.2, -0.15) is 0 Å². The van der Waals surface area contributed by atoms with E-state index in [-0.39, 0.29) is 5.91 Å². The Bertz CT molecular complexity index is 738. The van der Waals surface area contributed by atoms with Crippen molar-refractivity contribution in [2.75, 3.05) is 17.2 Å². The number of anilines is 1. The fourth-order valence-corrected chi connectivity index (χ4v) is 4.11. The van der Waals surface area contributed by atoms with Gasteiger partial charge in [0.25, 0.3) is 0 Å². The van der Waals surface area contributed by atoms with Crippen LogP contribution in [0.1, 0.15) is 36.7 Å². The zero-order valence-corrected chi connectivity index (χ0v) is 15.5. The van der Waals surface area contributed by atoms with E-state index in [0.717, 1.165) is 48.9 Å². The lowest BCUT2D eigenvalue weighted by Crippen LogP contribution is -2.30. The van der Waals surface area contributed by atoms with Crippen molar-refractivity contribution in [1.82, 2.24) is 9.55 Å². The molecule has 0 saturated carbocycles. The Kier molecular flexibility index (Phi) is 5.29. The van der Waals surface area contributed by atoms with Gasteiger partial charge in [0.05, 0.1) is 11.4 Å². The summed E-state index contributed by atoms with van der Waals surface area (Å²) < 4.78 is 2.26. The smallest absolute Gasteiger partial charge is 0.237 e. The van der Waals surface area contributed by atoms with Crippen LogP contribution in [0.15, 0.2) is 29.4 Å². The molecule has 0 radical (unpaired) electrons. The highest BCUT2D eigenvalue weighted by molar-refractivity contribution is 7.99. The van der Waals surface area contributed by atoms with E-state index in [2.05, 4.69) is 29.5 Å². The largest absolute Gasteiger partial charge is 0.323 e. The maximum Gasteiger partial charge on any atom is 0.237 e. The van der Waals surface area contributed by atoms with Gasteiger partial charge in [-0.25, -0.2) is 4.98 Å². The molecule has 0 fully saturated rings. The topological polar surface area (TPSA) is 38.1 Å². The minimum absolute atomic E-state index is 0.172. The molecule has 128 valence electrons. The van der Waals surface area contributed by atoms with Gasteiger partial charge in [0.2, 0.25) is 5.91 Å². The molecule has 1 amide bonds. The second-order valence-corrected chi connectivity index (χ2v) is 7.23. The fourth-order valence-electron chi connectivity index (χ4n) is 3.11. The van der Waals surface area contributed by atoms with E-state index in [1.165, 1.54) is 11.3 Å². The third-order valence-corrected chi connectivity index (χ3v) is 5.63. The third-order valence-electron chi connectivity index (χ3n) is 4.67. The summed E-state index contributed by atoms with van der Waals surface area (Å²) in [6.45, 7) is 8.12. The molecule has 5 heteroatoms. The van der Waals surface area contributed by atoms with Gasteiger partial charge in [-0.15, -0.1) is 0 Å². The lowest BCUT2D eigenvalue weighted by molar-refractivity contribution is -0.116. The Balaban J connectivity index is 1.68. The minimum atomic E-state index is 0.172. The standard InChI is InChI=1S/C19H25N3OS/c1-4-5-11-21-15(3)14(2)20-19(21)24-13-18(23)22-12-10-16-8-6-7-9-17(16)22/h6-9H,4-5,10-13H2,1-3H3. The summed E-state index contributed by atoms with van der Waals surface area (Å²) in [6.07, 6.45) is 3.25. The van der Waals surface area contributed by atoms with E-state index < -0.39 is 0 Å². The van der Waals surface area contributed by atoms with Crippen molar-refractivity contribution in [2.45, 2.75) is 51.7 Å². The Labute approximate surface area is 148 Å². The maximum atomic E-state index is 12.7. The number of hydrogen-bond acceptors (Lipinski definition) is 3. The molecule has 1 aliphatic rings. The molecule has 0 aliphatic carbocycles. The van der Waals surface area contributed by atoms with E-state index in [4.69, 9.17) is 0 Å². The summed E-state index contributed by atoms with van der Waals surface area (Å²) >= 11 is 1.56. The molecule has 24 heavy (non-hydrogen) atoms. The Morgan fingerprint density at radius 2 is 2.08 bits per heavy atom. The van der Waals surface area contributed by atoms with Crippen molar-refractivity contribution < 1.29 is 4.79 Å². The fraction of sp³-hybridized carbons (Fsp3) is 0.474. The molecular formula is C19H25N3OS. The summed E-state index contributed by atoms with van der Waals surface area (Å²) in [5.74, 6) is 0.612. The Morgan fingerprint density at radius 3 is 2.88 bits per heavy atom. The summed E-state index contributed by atoms with van der Waals surface area (Å²) in [6, 6.07) is 8.20. The van der Waals surface area contributed by atoms with Gasteiger partial charge in [-0.3, -0.25) is 4.79 Å². The van der Waals surface area contributed by atoms with Crippen LogP contribution in [-0.2, 0) is 17.8 Å². The Hall–Kier alpha value is -1.75. The van der Waals surface area contributed by atoms with Crippen molar-refractivity contribution in [3.05, 3.63) is 41.2 Å². The number of aryl methyl sites for hydroxylation is 1. The number of unbranched alkanes of at least 4 members (excludes halogenated alkanes) is 1. The average Bonchev–Trinajstić information content (AvgIpc) is 3.13. The van der Waals surface area contributed by atoms with Crippen molar-refractivity contribution in [3.8, 4) is 0 Å². The lowest BCUT2D eigenvalue weighted by Gasteiger charge is -2.17. The first-order chi connectivity index (χ1) is 11.6. The number of para-hydroxylation sites is 1. The van der Waals surface area contributed by atoms with Crippen LogP contribution in [0.3, 0.4) is 0 Å². The van der Waals surface area contributed by atoms with Gasteiger partial charge in [0.15, 0.2) is 5.16 Å². The second kappa shape index (κ2) is 7.43. The number of carbonyl (C=O) groups is 1. The Morgan fingerprint density at radius 1 is 1.29 bits per heavy atom. The quantitative estimate of drug-likeness (QED) is 0.745. The molecule has 0 N–H and O–H groups in total. The van der Waals surface area contributed by atoms with E-state index in [1.54, 1.807) is 11.8 Å². The number of fused-ring (bicyclic) bond motifs is 1. The highest BCUT2D eigenvalue weighted by Crippen LogP contribution is 2.29. The summed E-state index contributed by atoms with van der Waals surface area (Å²) in [5.41, 5.74) is 4.62. The van der Waals surface area contributed by atoms with E-state index >= 15 is 0 Å². The van der Waals surface area contributed by atoms with Gasteiger partial charge in [0, 0.05) is 24.5 Å². The van der Waals surface area contributed by atoms with Crippen LogP contribution in [0.2, 0.25) is 0 Å². The van der Waals surface area contributed by atoms with Crippen LogP contribution in [0.4, 0.5) is 5.69 Å². The number of amides is 1. The first-order valence-corrected chi connectivity index (χ1v) is 9.65. The average molecular weight is 343 g/mol. The number of carbonyl (C=O) groups excluding carboxylic acids is 1. The van der Waals surface area contributed by atoms with Crippen molar-refractivity contribution >= 4 is 23.4 Å². The van der Waals surface area contributed by atoms with Gasteiger partial charge in [-0.05, 0) is 38.3 Å². The number of hydrogen-bond donors (Lipinski definition) is 0. The second-order valence-electron chi connectivity index (χ2n) is 6.28. The number of aromatic nitrogens is 2. The van der Waals surface area contributed by atoms with Crippen molar-refractivity contribution in [1.29, 1.82) is 0 Å². The van der Waals surface area contributed by atoms with Crippen LogP contribution >= 0.6 is 11.8 Å². The first kappa shape index (κ1) is 17.1. The number of thioether (sulfide) groups is 1. The molecule has 0 saturated heterocycles. The van der Waals surface area contributed by atoms with Gasteiger partial charge in [0.1, 0.15) is 0 Å². The molecule has 0 unspecified atom stereocenters. The molecule has 2 heterocycles. The molecule has 2 aromatic rings. The predicted molar refractivity (Wildman–Crippen MR) is 99.8 cm³/mol. The minimum Gasteiger partial charge on any atom is -0.323 e. The summed E-state index contributed by atoms with van der Waals surface area (Å²) in [5, 5.41) is 0.972. The molecule has 4 nitrogen and oxygen atoms in total. The molecule has 0 bridgehead atoms. The molecule has 1 aliphatic heterocycles. The maximum absolute atomic E-state index is 12.7. The summed E-state index contributed by atoms with van der Waals surface area (Å²) in [4.78, 5) is 19.2. The SMILES string of the molecule is CCCCn1c(SCC(=O)N2CCc3ccccc32)nc(C)c1C. The van der Waals surface area contributed by atoms with Crippen LogP contribution in [0.25, 0.3) is 0 Å². The number of nitrogens with zero attached hydrogens (tertiary/aromatic N) is 3. The predicted octanol–water partition coefficient (Wildman–Crippen LogP) is 3.98. The van der Waals surface area contributed by atoms with Crippen molar-refractivity contribution in [2.24, 2.45) is 0 Å².